The molecule has 6 nitrogen and oxygen atoms in total. The fourth-order valence-electron chi connectivity index (χ4n) is 3.10. The zero-order chi connectivity index (χ0) is 15.0. The van der Waals surface area contributed by atoms with E-state index in [0.29, 0.717) is 11.5 Å². The van der Waals surface area contributed by atoms with Gasteiger partial charge in [0.1, 0.15) is 5.69 Å². The van der Waals surface area contributed by atoms with Gasteiger partial charge in [0.05, 0.1) is 11.0 Å². The van der Waals surface area contributed by atoms with Gasteiger partial charge in [-0.1, -0.05) is 24.3 Å². The van der Waals surface area contributed by atoms with Crippen molar-refractivity contribution in [2.24, 2.45) is 7.05 Å². The third-order valence-electron chi connectivity index (χ3n) is 4.05. The maximum atomic E-state index is 11.3. The Morgan fingerprint density at radius 2 is 2.19 bits per heavy atom. The Kier molecular flexibility index (Phi) is 3.37. The third-order valence-corrected chi connectivity index (χ3v) is 4.05. The van der Waals surface area contributed by atoms with E-state index in [0.717, 1.165) is 19.3 Å². The van der Waals surface area contributed by atoms with Crippen LogP contribution in [-0.2, 0) is 13.5 Å². The molecule has 0 amide bonds. The average molecular weight is 286 g/mol. The lowest BCUT2D eigenvalue weighted by molar-refractivity contribution is -0.384. The molecular formula is C15H18N4O2. The molecule has 6 heteroatoms. The Labute approximate surface area is 122 Å². The van der Waals surface area contributed by atoms with Crippen LogP contribution in [0.15, 0.2) is 24.3 Å². The first-order chi connectivity index (χ1) is 10.1. The lowest BCUT2D eigenvalue weighted by atomic mass is 9.88. The predicted molar refractivity (Wildman–Crippen MR) is 80.3 cm³/mol. The normalized spacial score (nSPS) is 17.3. The number of anilines is 1. The quantitative estimate of drug-likeness (QED) is 0.695. The van der Waals surface area contributed by atoms with Gasteiger partial charge in [-0.3, -0.25) is 10.1 Å². The molecule has 1 atom stereocenters. The highest BCUT2D eigenvalue weighted by Crippen LogP contribution is 2.36. The van der Waals surface area contributed by atoms with Gasteiger partial charge in [0.15, 0.2) is 0 Å². The Hall–Kier alpha value is -2.37. The van der Waals surface area contributed by atoms with Crippen LogP contribution in [0, 0.1) is 17.0 Å². The fourth-order valence-corrected chi connectivity index (χ4v) is 3.10. The Morgan fingerprint density at radius 1 is 1.43 bits per heavy atom. The minimum atomic E-state index is -0.362. The number of nitrogens with zero attached hydrogens (tertiary/aromatic N) is 3. The third kappa shape index (κ3) is 2.37. The second kappa shape index (κ2) is 5.20. The first-order valence-corrected chi connectivity index (χ1v) is 7.10. The van der Waals surface area contributed by atoms with Gasteiger partial charge in [-0.25, -0.2) is 4.68 Å². The number of aryl methyl sites for hydroxylation is 3. The SMILES string of the molecule is Cc1nn(C)c(NC2CCCc3ccccc32)c1[N+](=O)[O-]. The molecule has 1 N–H and O–H groups in total. The molecular weight excluding hydrogens is 268 g/mol. The molecule has 0 bridgehead atoms. The summed E-state index contributed by atoms with van der Waals surface area (Å²) in [5, 5.41) is 18.8. The molecule has 1 aromatic carbocycles. The summed E-state index contributed by atoms with van der Waals surface area (Å²) in [4.78, 5) is 10.9. The molecule has 1 aliphatic rings. The number of benzene rings is 1. The van der Waals surface area contributed by atoms with Crippen molar-refractivity contribution >= 4 is 11.5 Å². The molecule has 0 radical (unpaired) electrons. The molecule has 2 aromatic rings. The lowest BCUT2D eigenvalue weighted by Gasteiger charge is -2.26. The Bertz CT molecular complexity index is 693. The average Bonchev–Trinajstić information content (AvgIpc) is 2.73. The summed E-state index contributed by atoms with van der Waals surface area (Å²) in [6.07, 6.45) is 3.12. The van der Waals surface area contributed by atoms with Gasteiger partial charge in [0.2, 0.25) is 5.82 Å². The van der Waals surface area contributed by atoms with E-state index in [1.165, 1.54) is 11.1 Å². The van der Waals surface area contributed by atoms with E-state index in [1.807, 2.05) is 12.1 Å². The van der Waals surface area contributed by atoms with Crippen molar-refractivity contribution in [1.29, 1.82) is 0 Å². The van der Waals surface area contributed by atoms with Crippen LogP contribution in [0.4, 0.5) is 11.5 Å². The zero-order valence-corrected chi connectivity index (χ0v) is 12.2. The summed E-state index contributed by atoms with van der Waals surface area (Å²) in [7, 11) is 1.73. The van der Waals surface area contributed by atoms with Crippen molar-refractivity contribution < 1.29 is 4.92 Å². The van der Waals surface area contributed by atoms with Crippen molar-refractivity contribution in [3.63, 3.8) is 0 Å². The van der Waals surface area contributed by atoms with Gasteiger partial charge in [0.25, 0.3) is 0 Å². The number of hydrogen-bond donors (Lipinski definition) is 1. The minimum Gasteiger partial charge on any atom is -0.358 e. The lowest BCUT2D eigenvalue weighted by Crippen LogP contribution is -2.19. The first-order valence-electron chi connectivity index (χ1n) is 7.10. The van der Waals surface area contributed by atoms with E-state index in [2.05, 4.69) is 22.5 Å². The van der Waals surface area contributed by atoms with Gasteiger partial charge in [-0.05, 0) is 37.3 Å². The topological polar surface area (TPSA) is 73.0 Å². The molecule has 1 aliphatic carbocycles. The summed E-state index contributed by atoms with van der Waals surface area (Å²) >= 11 is 0. The van der Waals surface area contributed by atoms with Gasteiger partial charge in [-0.15, -0.1) is 0 Å². The van der Waals surface area contributed by atoms with E-state index in [-0.39, 0.29) is 16.7 Å². The molecule has 0 saturated carbocycles. The van der Waals surface area contributed by atoms with Crippen molar-refractivity contribution in [2.75, 3.05) is 5.32 Å². The van der Waals surface area contributed by atoms with Crippen molar-refractivity contribution in [3.05, 3.63) is 51.2 Å². The predicted octanol–water partition coefficient (Wildman–Crippen LogP) is 3.13. The van der Waals surface area contributed by atoms with Gasteiger partial charge < -0.3 is 5.32 Å². The van der Waals surface area contributed by atoms with Crippen molar-refractivity contribution in [3.8, 4) is 0 Å². The first kappa shape index (κ1) is 13.6. The smallest absolute Gasteiger partial charge is 0.333 e. The van der Waals surface area contributed by atoms with Crippen LogP contribution < -0.4 is 5.32 Å². The largest absolute Gasteiger partial charge is 0.358 e. The second-order valence-electron chi connectivity index (χ2n) is 5.45. The van der Waals surface area contributed by atoms with Gasteiger partial charge in [-0.2, -0.15) is 5.10 Å². The van der Waals surface area contributed by atoms with Crippen LogP contribution in [0.3, 0.4) is 0 Å². The van der Waals surface area contributed by atoms with E-state index < -0.39 is 0 Å². The molecule has 1 unspecified atom stereocenters. The minimum absolute atomic E-state index is 0.0700. The van der Waals surface area contributed by atoms with Crippen molar-refractivity contribution in [2.45, 2.75) is 32.2 Å². The van der Waals surface area contributed by atoms with Crippen LogP contribution in [0.25, 0.3) is 0 Å². The van der Waals surface area contributed by atoms with E-state index in [1.54, 1.807) is 18.7 Å². The number of rotatable bonds is 3. The molecule has 3 rings (SSSR count). The van der Waals surface area contributed by atoms with Crippen molar-refractivity contribution in [1.82, 2.24) is 9.78 Å². The standard InChI is InChI=1S/C15H18N4O2/c1-10-14(19(20)21)15(18(2)17-10)16-13-9-5-7-11-6-3-4-8-12(11)13/h3-4,6,8,13,16H,5,7,9H2,1-2H3. The highest BCUT2D eigenvalue weighted by Gasteiger charge is 2.28. The molecule has 110 valence electrons. The number of aromatic nitrogens is 2. The monoisotopic (exact) mass is 286 g/mol. The molecule has 0 spiro atoms. The molecule has 1 heterocycles. The fraction of sp³-hybridized carbons (Fsp3) is 0.400. The van der Waals surface area contributed by atoms with E-state index in [9.17, 15) is 10.1 Å². The zero-order valence-electron chi connectivity index (χ0n) is 12.2. The molecule has 0 fully saturated rings. The highest BCUT2D eigenvalue weighted by atomic mass is 16.6. The summed E-state index contributed by atoms with van der Waals surface area (Å²) in [6, 6.07) is 8.39. The van der Waals surface area contributed by atoms with Gasteiger partial charge in [0, 0.05) is 7.05 Å². The van der Waals surface area contributed by atoms with Crippen LogP contribution in [-0.4, -0.2) is 14.7 Å². The molecule has 0 aliphatic heterocycles. The number of nitro groups is 1. The molecule has 1 aromatic heterocycles. The summed E-state index contributed by atoms with van der Waals surface area (Å²) in [5.74, 6) is 0.485. The highest BCUT2D eigenvalue weighted by molar-refractivity contribution is 5.60. The maximum Gasteiger partial charge on any atom is 0.333 e. The van der Waals surface area contributed by atoms with Crippen LogP contribution >= 0.6 is 0 Å². The summed E-state index contributed by atoms with van der Waals surface area (Å²) in [6.45, 7) is 1.66. The number of hydrogen-bond acceptors (Lipinski definition) is 4. The number of fused-ring (bicyclic) bond motifs is 1. The summed E-state index contributed by atoms with van der Waals surface area (Å²) < 4.78 is 1.56. The second-order valence-corrected chi connectivity index (χ2v) is 5.45. The number of nitrogens with one attached hydrogen (secondary N) is 1. The molecule has 0 saturated heterocycles. The molecule has 21 heavy (non-hydrogen) atoms. The maximum absolute atomic E-state index is 11.3. The van der Waals surface area contributed by atoms with Gasteiger partial charge >= 0.3 is 5.69 Å². The van der Waals surface area contributed by atoms with E-state index in [4.69, 9.17) is 0 Å². The summed E-state index contributed by atoms with van der Waals surface area (Å²) in [5.41, 5.74) is 3.06. The Morgan fingerprint density at radius 3 is 2.95 bits per heavy atom. The van der Waals surface area contributed by atoms with Crippen LogP contribution in [0.1, 0.15) is 35.7 Å². The van der Waals surface area contributed by atoms with Crippen LogP contribution in [0.2, 0.25) is 0 Å². The Balaban J connectivity index is 1.97. The van der Waals surface area contributed by atoms with Crippen LogP contribution in [0.5, 0.6) is 0 Å². The van der Waals surface area contributed by atoms with E-state index >= 15 is 0 Å².